The Bertz CT molecular complexity index is 885. The lowest BCUT2D eigenvalue weighted by Crippen LogP contribution is -2.36. The van der Waals surface area contributed by atoms with E-state index in [4.69, 9.17) is 17.3 Å². The van der Waals surface area contributed by atoms with E-state index in [1.165, 1.54) is 12.1 Å². The summed E-state index contributed by atoms with van der Waals surface area (Å²) in [5.41, 5.74) is 6.49. The van der Waals surface area contributed by atoms with Crippen molar-refractivity contribution in [3.8, 4) is 0 Å². The zero-order chi connectivity index (χ0) is 19.3. The van der Waals surface area contributed by atoms with Crippen molar-refractivity contribution in [2.45, 2.75) is 31.2 Å². The molecule has 26 heavy (non-hydrogen) atoms. The van der Waals surface area contributed by atoms with Crippen LogP contribution in [0.25, 0.3) is 0 Å². The minimum Gasteiger partial charge on any atom is -0.325 e. The van der Waals surface area contributed by atoms with Crippen LogP contribution in [0.5, 0.6) is 0 Å². The fourth-order valence-corrected chi connectivity index (χ4v) is 3.70. The van der Waals surface area contributed by atoms with Crippen LogP contribution in [0.4, 0.5) is 11.4 Å². The zero-order valence-corrected chi connectivity index (χ0v) is 16.1. The van der Waals surface area contributed by atoms with E-state index in [0.717, 1.165) is 0 Å². The first kappa shape index (κ1) is 20.2. The van der Waals surface area contributed by atoms with E-state index >= 15 is 0 Å². The number of carbonyl (C=O) groups is 1. The summed E-state index contributed by atoms with van der Waals surface area (Å²) in [7, 11) is -3.85. The van der Waals surface area contributed by atoms with Crippen molar-refractivity contribution >= 4 is 38.9 Å². The number of para-hydroxylation sites is 1. The first-order valence-electron chi connectivity index (χ1n) is 8.13. The number of rotatable bonds is 7. The number of halogens is 1. The monoisotopic (exact) mass is 395 g/mol. The SMILES string of the molecule is CC(C)C[C@H](N)C(=O)Nc1cccc(S(=O)(=O)Nc2ccccc2Cl)c1. The molecule has 0 heterocycles. The van der Waals surface area contributed by atoms with Gasteiger partial charge < -0.3 is 11.1 Å². The number of anilines is 2. The lowest BCUT2D eigenvalue weighted by atomic mass is 10.0. The molecule has 2 aromatic rings. The molecule has 2 aromatic carbocycles. The van der Waals surface area contributed by atoms with Crippen molar-refractivity contribution in [3.05, 3.63) is 53.6 Å². The van der Waals surface area contributed by atoms with Crippen LogP contribution in [0.15, 0.2) is 53.4 Å². The van der Waals surface area contributed by atoms with Crippen LogP contribution in [0, 0.1) is 5.92 Å². The van der Waals surface area contributed by atoms with Gasteiger partial charge in [-0.2, -0.15) is 0 Å². The fourth-order valence-electron chi connectivity index (χ4n) is 2.34. The van der Waals surface area contributed by atoms with E-state index in [-0.39, 0.29) is 22.4 Å². The van der Waals surface area contributed by atoms with Crippen LogP contribution in [0.1, 0.15) is 20.3 Å². The Morgan fingerprint density at radius 2 is 1.85 bits per heavy atom. The number of carbonyl (C=O) groups excluding carboxylic acids is 1. The molecular weight excluding hydrogens is 374 g/mol. The predicted molar refractivity (Wildman–Crippen MR) is 105 cm³/mol. The molecule has 1 atom stereocenters. The minimum atomic E-state index is -3.85. The van der Waals surface area contributed by atoms with Crippen LogP contribution < -0.4 is 15.8 Å². The van der Waals surface area contributed by atoms with Gasteiger partial charge in [-0.3, -0.25) is 9.52 Å². The van der Waals surface area contributed by atoms with Gasteiger partial charge in [0, 0.05) is 5.69 Å². The van der Waals surface area contributed by atoms with E-state index < -0.39 is 16.1 Å². The summed E-state index contributed by atoms with van der Waals surface area (Å²) in [6.07, 6.45) is 0.540. The van der Waals surface area contributed by atoms with Gasteiger partial charge in [0.15, 0.2) is 0 Å². The van der Waals surface area contributed by atoms with Crippen molar-refractivity contribution in [2.75, 3.05) is 10.0 Å². The number of hydrogen-bond donors (Lipinski definition) is 3. The van der Waals surface area contributed by atoms with Crippen LogP contribution in [-0.2, 0) is 14.8 Å². The molecule has 0 fully saturated rings. The third kappa shape index (κ3) is 5.45. The minimum absolute atomic E-state index is 0.00708. The van der Waals surface area contributed by atoms with E-state index in [0.29, 0.717) is 17.1 Å². The average molecular weight is 396 g/mol. The largest absolute Gasteiger partial charge is 0.325 e. The number of nitrogens with two attached hydrogens (primary N) is 1. The van der Waals surface area contributed by atoms with Gasteiger partial charge in [-0.15, -0.1) is 0 Å². The smallest absolute Gasteiger partial charge is 0.262 e. The summed E-state index contributed by atoms with van der Waals surface area (Å²) in [5, 5.41) is 2.94. The highest BCUT2D eigenvalue weighted by Gasteiger charge is 2.18. The molecule has 140 valence electrons. The molecule has 0 bridgehead atoms. The first-order valence-corrected chi connectivity index (χ1v) is 9.99. The third-order valence-electron chi connectivity index (χ3n) is 3.59. The zero-order valence-electron chi connectivity index (χ0n) is 14.6. The molecule has 0 radical (unpaired) electrons. The molecule has 1 amide bonds. The van der Waals surface area contributed by atoms with Gasteiger partial charge in [0.2, 0.25) is 5.91 Å². The van der Waals surface area contributed by atoms with Gasteiger partial charge in [-0.1, -0.05) is 43.6 Å². The topological polar surface area (TPSA) is 101 Å². The Balaban J connectivity index is 2.17. The maximum Gasteiger partial charge on any atom is 0.262 e. The summed E-state index contributed by atoms with van der Waals surface area (Å²) < 4.78 is 27.6. The number of hydrogen-bond acceptors (Lipinski definition) is 4. The van der Waals surface area contributed by atoms with E-state index in [9.17, 15) is 13.2 Å². The van der Waals surface area contributed by atoms with Crippen molar-refractivity contribution in [3.63, 3.8) is 0 Å². The molecule has 0 aliphatic carbocycles. The normalized spacial score (nSPS) is 12.7. The summed E-state index contributed by atoms with van der Waals surface area (Å²) in [5.74, 6) is -0.0744. The molecule has 0 spiro atoms. The summed E-state index contributed by atoms with van der Waals surface area (Å²) >= 11 is 6.00. The van der Waals surface area contributed by atoms with Crippen LogP contribution >= 0.6 is 11.6 Å². The molecule has 0 saturated carbocycles. The molecule has 0 aliphatic heterocycles. The number of nitrogens with one attached hydrogen (secondary N) is 2. The fraction of sp³-hybridized carbons (Fsp3) is 0.278. The van der Waals surface area contributed by atoms with Gasteiger partial charge in [0.05, 0.1) is 21.6 Å². The molecule has 6 nitrogen and oxygen atoms in total. The quantitative estimate of drug-likeness (QED) is 0.668. The Kier molecular flexibility index (Phi) is 6.63. The van der Waals surface area contributed by atoms with Crippen molar-refractivity contribution in [1.29, 1.82) is 0 Å². The highest BCUT2D eigenvalue weighted by Crippen LogP contribution is 2.25. The Labute approximate surface area is 158 Å². The second-order valence-corrected chi connectivity index (χ2v) is 8.43. The predicted octanol–water partition coefficient (Wildman–Crippen LogP) is 3.45. The summed E-state index contributed by atoms with van der Waals surface area (Å²) in [6, 6.07) is 11.8. The lowest BCUT2D eigenvalue weighted by molar-refractivity contribution is -0.117. The van der Waals surface area contributed by atoms with E-state index in [2.05, 4.69) is 10.0 Å². The van der Waals surface area contributed by atoms with E-state index in [1.54, 1.807) is 36.4 Å². The van der Waals surface area contributed by atoms with E-state index in [1.807, 2.05) is 13.8 Å². The van der Waals surface area contributed by atoms with Gasteiger partial charge in [-0.25, -0.2) is 8.42 Å². The third-order valence-corrected chi connectivity index (χ3v) is 5.28. The van der Waals surface area contributed by atoms with Gasteiger partial charge in [0.25, 0.3) is 10.0 Å². The van der Waals surface area contributed by atoms with Crippen molar-refractivity contribution in [2.24, 2.45) is 11.7 Å². The molecule has 2 rings (SSSR count). The summed E-state index contributed by atoms with van der Waals surface area (Å²) in [6.45, 7) is 3.95. The Morgan fingerprint density at radius 1 is 1.15 bits per heavy atom. The van der Waals surface area contributed by atoms with Gasteiger partial charge in [-0.05, 0) is 42.7 Å². The first-order chi connectivity index (χ1) is 12.2. The Morgan fingerprint density at radius 3 is 2.50 bits per heavy atom. The molecule has 8 heteroatoms. The average Bonchev–Trinajstić information content (AvgIpc) is 2.56. The second-order valence-electron chi connectivity index (χ2n) is 6.34. The van der Waals surface area contributed by atoms with Gasteiger partial charge in [0.1, 0.15) is 0 Å². The maximum atomic E-state index is 12.6. The van der Waals surface area contributed by atoms with Crippen molar-refractivity contribution in [1.82, 2.24) is 0 Å². The molecule has 0 aliphatic rings. The van der Waals surface area contributed by atoms with Crippen molar-refractivity contribution < 1.29 is 13.2 Å². The molecule has 4 N–H and O–H groups in total. The number of sulfonamides is 1. The molecule has 0 saturated heterocycles. The molecule has 0 unspecified atom stereocenters. The van der Waals surface area contributed by atoms with Crippen LogP contribution in [0.3, 0.4) is 0 Å². The Hall–Kier alpha value is -2.09. The highest BCUT2D eigenvalue weighted by molar-refractivity contribution is 7.92. The van der Waals surface area contributed by atoms with Crippen LogP contribution in [-0.4, -0.2) is 20.4 Å². The second kappa shape index (κ2) is 8.53. The lowest BCUT2D eigenvalue weighted by Gasteiger charge is -2.15. The number of benzene rings is 2. The van der Waals surface area contributed by atoms with Crippen LogP contribution in [0.2, 0.25) is 5.02 Å². The maximum absolute atomic E-state index is 12.6. The molecule has 0 aromatic heterocycles. The molecular formula is C18H22ClN3O3S. The number of amides is 1. The highest BCUT2D eigenvalue weighted by atomic mass is 35.5. The summed E-state index contributed by atoms with van der Waals surface area (Å²) in [4.78, 5) is 12.1. The standard InChI is InChI=1S/C18H22ClN3O3S/c1-12(2)10-16(20)18(23)21-13-6-5-7-14(11-13)26(24,25)22-17-9-4-3-8-15(17)19/h3-9,11-12,16,22H,10,20H2,1-2H3,(H,21,23)/t16-/m0/s1. The van der Waals surface area contributed by atoms with Gasteiger partial charge >= 0.3 is 0 Å².